The summed E-state index contributed by atoms with van der Waals surface area (Å²) in [7, 11) is 1.62. The van der Waals surface area contributed by atoms with Gasteiger partial charge in [0.15, 0.2) is 0 Å². The first-order chi connectivity index (χ1) is 15.5. The highest BCUT2D eigenvalue weighted by molar-refractivity contribution is 7.99. The van der Waals surface area contributed by atoms with E-state index < -0.39 is 18.5 Å². The third-order valence-electron chi connectivity index (χ3n) is 4.69. The Kier molecular flexibility index (Phi) is 6.42. The summed E-state index contributed by atoms with van der Waals surface area (Å²) < 4.78 is 31.5. The molecule has 0 fully saturated rings. The van der Waals surface area contributed by atoms with Crippen LogP contribution < -0.4 is 20.9 Å². The first kappa shape index (κ1) is 21.8. The molecule has 0 unspecified atom stereocenters. The Morgan fingerprint density at radius 3 is 2.62 bits per heavy atom. The molecule has 3 N–H and O–H groups in total. The van der Waals surface area contributed by atoms with Crippen LogP contribution in [0.4, 0.5) is 25.0 Å². The van der Waals surface area contributed by atoms with E-state index in [1.54, 1.807) is 61.1 Å². The van der Waals surface area contributed by atoms with Crippen molar-refractivity contribution in [2.45, 2.75) is 10.9 Å². The Labute approximate surface area is 190 Å². The second-order valence-corrected chi connectivity index (χ2v) is 8.79. The number of pyridine rings is 1. The maximum absolute atomic E-state index is 14.1. The van der Waals surface area contributed by atoms with Gasteiger partial charge in [-0.15, -0.1) is 11.3 Å². The van der Waals surface area contributed by atoms with Crippen molar-refractivity contribution in [3.05, 3.63) is 81.8 Å². The fraction of sp³-hybridized carbons (Fsp3) is 0.0909. The molecule has 0 spiro atoms. The van der Waals surface area contributed by atoms with Crippen LogP contribution in [0.15, 0.2) is 69.1 Å². The van der Waals surface area contributed by atoms with Gasteiger partial charge in [-0.3, -0.25) is 14.1 Å². The van der Waals surface area contributed by atoms with E-state index in [9.17, 15) is 18.4 Å². The van der Waals surface area contributed by atoms with E-state index in [0.29, 0.717) is 28.0 Å². The van der Waals surface area contributed by atoms with Crippen molar-refractivity contribution in [1.29, 1.82) is 0 Å². The lowest BCUT2D eigenvalue weighted by Crippen LogP contribution is -2.22. The highest BCUT2D eigenvalue weighted by Gasteiger charge is 2.10. The molecule has 0 aliphatic heterocycles. The lowest BCUT2D eigenvalue weighted by molar-refractivity contribution is 0.257. The number of rotatable bonds is 6. The van der Waals surface area contributed by atoms with Gasteiger partial charge in [0.25, 0.3) is 5.56 Å². The van der Waals surface area contributed by atoms with Crippen molar-refractivity contribution >= 4 is 51.5 Å². The number of fused-ring (bicyclic) bond motifs is 1. The molecular formula is C22H18F2N4O2S2. The standard InChI is InChI=1S/C22H18F2N4O2S2/c1-25-19-9-14-6-7-28(21(29)17(14)10-18(19)24)16-4-2-15(3-5-16)26-22(30)27-32-20-8-13(11-23)12-31-20/h2-10,12,25H,11H2,1H3,(H2,26,27,30). The Hall–Kier alpha value is -3.37. The van der Waals surface area contributed by atoms with Crippen molar-refractivity contribution in [2.24, 2.45) is 0 Å². The van der Waals surface area contributed by atoms with E-state index in [1.807, 2.05) is 0 Å². The van der Waals surface area contributed by atoms with Gasteiger partial charge < -0.3 is 10.6 Å². The lowest BCUT2D eigenvalue weighted by Gasteiger charge is -2.11. The number of benzene rings is 2. The number of nitrogens with one attached hydrogen (secondary N) is 3. The molecule has 0 saturated heterocycles. The van der Waals surface area contributed by atoms with Gasteiger partial charge in [0, 0.05) is 24.6 Å². The average Bonchev–Trinajstić information content (AvgIpc) is 3.27. The summed E-state index contributed by atoms with van der Waals surface area (Å²) in [6.07, 6.45) is 1.63. The largest absolute Gasteiger partial charge is 0.386 e. The van der Waals surface area contributed by atoms with Crippen molar-refractivity contribution < 1.29 is 13.6 Å². The number of nitrogens with zero attached hydrogens (tertiary/aromatic N) is 1. The van der Waals surface area contributed by atoms with Crippen molar-refractivity contribution in [2.75, 3.05) is 17.7 Å². The summed E-state index contributed by atoms with van der Waals surface area (Å²) in [5.74, 6) is -0.498. The zero-order valence-corrected chi connectivity index (χ0v) is 18.4. The number of alkyl halides is 1. The van der Waals surface area contributed by atoms with Crippen LogP contribution in [0.3, 0.4) is 0 Å². The zero-order chi connectivity index (χ0) is 22.7. The van der Waals surface area contributed by atoms with Gasteiger partial charge >= 0.3 is 6.03 Å². The number of halogens is 2. The van der Waals surface area contributed by atoms with Crippen LogP contribution in [0.2, 0.25) is 0 Å². The maximum Gasteiger partial charge on any atom is 0.329 e. The van der Waals surface area contributed by atoms with Gasteiger partial charge in [-0.1, -0.05) is 0 Å². The highest BCUT2D eigenvalue weighted by atomic mass is 32.2. The van der Waals surface area contributed by atoms with Gasteiger partial charge in [-0.25, -0.2) is 13.6 Å². The topological polar surface area (TPSA) is 75.2 Å². The first-order valence-electron chi connectivity index (χ1n) is 9.49. The Morgan fingerprint density at radius 1 is 1.16 bits per heavy atom. The minimum Gasteiger partial charge on any atom is -0.386 e. The number of aromatic nitrogens is 1. The van der Waals surface area contributed by atoms with Gasteiger partial charge in [-0.2, -0.15) is 0 Å². The fourth-order valence-electron chi connectivity index (χ4n) is 3.10. The molecule has 0 bridgehead atoms. The van der Waals surface area contributed by atoms with E-state index in [4.69, 9.17) is 0 Å². The van der Waals surface area contributed by atoms with Crippen LogP contribution in [0, 0.1) is 5.82 Å². The average molecular weight is 473 g/mol. The molecule has 32 heavy (non-hydrogen) atoms. The minimum atomic E-state index is -0.540. The zero-order valence-electron chi connectivity index (χ0n) is 16.8. The minimum absolute atomic E-state index is 0.270. The molecule has 0 aliphatic rings. The molecule has 0 atom stereocenters. The smallest absolute Gasteiger partial charge is 0.329 e. The quantitative estimate of drug-likeness (QED) is 0.323. The van der Waals surface area contributed by atoms with Crippen LogP contribution in [-0.4, -0.2) is 17.6 Å². The molecule has 0 saturated carbocycles. The predicted molar refractivity (Wildman–Crippen MR) is 126 cm³/mol. The number of hydrogen-bond donors (Lipinski definition) is 3. The van der Waals surface area contributed by atoms with Gasteiger partial charge in [0.05, 0.1) is 15.3 Å². The maximum atomic E-state index is 14.1. The molecule has 2 aromatic heterocycles. The second-order valence-electron chi connectivity index (χ2n) is 6.77. The molecule has 4 rings (SSSR count). The summed E-state index contributed by atoms with van der Waals surface area (Å²) in [6, 6.07) is 12.5. The SMILES string of the molecule is CNc1cc2ccn(-c3ccc(NC(=O)NSc4cc(CF)cs4)cc3)c(=O)c2cc1F. The number of carbonyl (C=O) groups is 1. The first-order valence-corrected chi connectivity index (χ1v) is 11.2. The molecule has 10 heteroatoms. The van der Waals surface area contributed by atoms with E-state index >= 15 is 0 Å². The molecule has 2 heterocycles. The van der Waals surface area contributed by atoms with E-state index in [2.05, 4.69) is 15.4 Å². The Bertz CT molecular complexity index is 1340. The number of thiophene rings is 1. The van der Waals surface area contributed by atoms with E-state index in [1.165, 1.54) is 22.0 Å². The predicted octanol–water partition coefficient (Wildman–Crippen LogP) is 5.53. The number of amides is 2. The van der Waals surface area contributed by atoms with Crippen LogP contribution in [0.25, 0.3) is 16.5 Å². The molecule has 2 aromatic carbocycles. The van der Waals surface area contributed by atoms with Gasteiger partial charge in [0.1, 0.15) is 12.5 Å². The van der Waals surface area contributed by atoms with E-state index in [-0.39, 0.29) is 10.9 Å². The van der Waals surface area contributed by atoms with E-state index in [0.717, 1.165) is 16.2 Å². The van der Waals surface area contributed by atoms with Gasteiger partial charge in [-0.05, 0) is 76.8 Å². The molecule has 0 aliphatic carbocycles. The second kappa shape index (κ2) is 9.41. The Morgan fingerprint density at radius 2 is 1.94 bits per heavy atom. The molecule has 6 nitrogen and oxygen atoms in total. The summed E-state index contributed by atoms with van der Waals surface area (Å²) in [4.78, 5) is 25.0. The third kappa shape index (κ3) is 4.61. The summed E-state index contributed by atoms with van der Waals surface area (Å²) >= 11 is 2.45. The number of urea groups is 1. The monoisotopic (exact) mass is 472 g/mol. The highest BCUT2D eigenvalue weighted by Crippen LogP contribution is 2.25. The normalized spacial score (nSPS) is 10.8. The lowest BCUT2D eigenvalue weighted by atomic mass is 10.1. The van der Waals surface area contributed by atoms with Crippen LogP contribution >= 0.6 is 23.3 Å². The molecule has 164 valence electrons. The molecule has 2 amide bonds. The summed E-state index contributed by atoms with van der Waals surface area (Å²) in [5, 5.41) is 8.05. The van der Waals surface area contributed by atoms with Crippen molar-refractivity contribution in [3.63, 3.8) is 0 Å². The van der Waals surface area contributed by atoms with Crippen LogP contribution in [0.5, 0.6) is 0 Å². The Balaban J connectivity index is 1.47. The molecule has 4 aromatic rings. The van der Waals surface area contributed by atoms with Crippen molar-refractivity contribution in [1.82, 2.24) is 9.29 Å². The van der Waals surface area contributed by atoms with Crippen molar-refractivity contribution in [3.8, 4) is 5.69 Å². The fourth-order valence-corrected chi connectivity index (χ4v) is 4.63. The number of anilines is 2. The molecular weight excluding hydrogens is 454 g/mol. The van der Waals surface area contributed by atoms with Crippen LogP contribution in [0.1, 0.15) is 5.56 Å². The number of hydrogen-bond acceptors (Lipinski definition) is 5. The summed E-state index contributed by atoms with van der Waals surface area (Å²) in [5.41, 5.74) is 1.66. The molecule has 0 radical (unpaired) electrons. The third-order valence-corrected chi connectivity index (χ3v) is 6.61. The van der Waals surface area contributed by atoms with Gasteiger partial charge in [0.2, 0.25) is 0 Å². The number of carbonyl (C=O) groups excluding carboxylic acids is 1. The summed E-state index contributed by atoms with van der Waals surface area (Å²) in [6.45, 7) is -0.540. The van der Waals surface area contributed by atoms with Crippen LogP contribution in [-0.2, 0) is 6.67 Å².